The lowest BCUT2D eigenvalue weighted by atomic mass is 9.97. The van der Waals surface area contributed by atoms with Gasteiger partial charge in [0.25, 0.3) is 0 Å². The third kappa shape index (κ3) is 5.34. The molecule has 164 valence electrons. The summed E-state index contributed by atoms with van der Waals surface area (Å²) in [6, 6.07) is 4.12. The third-order valence-corrected chi connectivity index (χ3v) is 5.64. The minimum atomic E-state index is -0.245. The Morgan fingerprint density at radius 1 is 1.10 bits per heavy atom. The van der Waals surface area contributed by atoms with Crippen LogP contribution in [-0.2, 0) is 13.0 Å². The van der Waals surface area contributed by atoms with Crippen LogP contribution in [0.2, 0.25) is 0 Å². The van der Waals surface area contributed by atoms with Gasteiger partial charge < -0.3 is 13.9 Å². The quantitative estimate of drug-likeness (QED) is 0.498. The van der Waals surface area contributed by atoms with Gasteiger partial charge in [-0.15, -0.1) is 34.0 Å². The summed E-state index contributed by atoms with van der Waals surface area (Å²) >= 11 is 0. The molecular formula is C21H32Br2N2O4. The maximum absolute atomic E-state index is 12.6. The minimum absolute atomic E-state index is 0. The number of hydrogen-bond acceptors (Lipinski definition) is 6. The Morgan fingerprint density at radius 3 is 2.31 bits per heavy atom. The average Bonchev–Trinajstić information content (AvgIpc) is 2.68. The zero-order valence-corrected chi connectivity index (χ0v) is 21.2. The Balaban J connectivity index is 0.00000210. The Kier molecular flexibility index (Phi) is 10.1. The number of benzene rings is 1. The number of ether oxygens (including phenoxy) is 2. The van der Waals surface area contributed by atoms with Crippen LogP contribution >= 0.6 is 34.0 Å². The van der Waals surface area contributed by atoms with Gasteiger partial charge in [0.1, 0.15) is 5.58 Å². The van der Waals surface area contributed by atoms with E-state index in [0.29, 0.717) is 29.7 Å². The van der Waals surface area contributed by atoms with Crippen LogP contribution in [0.25, 0.3) is 11.0 Å². The maximum atomic E-state index is 12.6. The van der Waals surface area contributed by atoms with Crippen LogP contribution in [0.5, 0.6) is 11.5 Å². The molecule has 0 bridgehead atoms. The number of nitrogens with zero attached hydrogens (tertiary/aromatic N) is 2. The summed E-state index contributed by atoms with van der Waals surface area (Å²) in [5, 5.41) is 0.943. The first kappa shape index (κ1) is 25.9. The lowest BCUT2D eigenvalue weighted by Crippen LogP contribution is -2.44. The molecule has 1 unspecified atom stereocenters. The van der Waals surface area contributed by atoms with E-state index in [4.69, 9.17) is 13.9 Å². The second-order valence-electron chi connectivity index (χ2n) is 7.11. The van der Waals surface area contributed by atoms with Crippen molar-refractivity contribution in [1.29, 1.82) is 0 Å². The van der Waals surface area contributed by atoms with Crippen LogP contribution in [0.1, 0.15) is 31.9 Å². The molecule has 0 fully saturated rings. The Labute approximate surface area is 193 Å². The summed E-state index contributed by atoms with van der Waals surface area (Å²) < 4.78 is 16.4. The molecule has 0 spiro atoms. The smallest absolute Gasteiger partial charge is 0.341 e. The first-order chi connectivity index (χ1) is 13.0. The highest BCUT2D eigenvalue weighted by atomic mass is 79.9. The predicted molar refractivity (Wildman–Crippen MR) is 128 cm³/mol. The number of fused-ring (bicyclic) bond motifs is 3. The van der Waals surface area contributed by atoms with Crippen molar-refractivity contribution in [1.82, 2.24) is 9.80 Å². The highest BCUT2D eigenvalue weighted by molar-refractivity contribution is 8.93. The lowest BCUT2D eigenvalue weighted by Gasteiger charge is -2.34. The van der Waals surface area contributed by atoms with Crippen LogP contribution in [0.3, 0.4) is 0 Å². The minimum Gasteiger partial charge on any atom is -0.493 e. The van der Waals surface area contributed by atoms with Crippen molar-refractivity contribution in [3.63, 3.8) is 0 Å². The number of rotatable bonds is 7. The van der Waals surface area contributed by atoms with E-state index in [9.17, 15) is 4.79 Å². The second-order valence-corrected chi connectivity index (χ2v) is 7.11. The predicted octanol–water partition coefficient (Wildman–Crippen LogP) is 4.05. The van der Waals surface area contributed by atoms with Gasteiger partial charge in [-0.1, -0.05) is 13.8 Å². The van der Waals surface area contributed by atoms with Crippen molar-refractivity contribution < 1.29 is 13.9 Å². The molecule has 1 aliphatic heterocycles. The van der Waals surface area contributed by atoms with Crippen molar-refractivity contribution in [2.45, 2.75) is 39.8 Å². The monoisotopic (exact) mass is 534 g/mol. The Bertz CT molecular complexity index is 868. The van der Waals surface area contributed by atoms with E-state index >= 15 is 0 Å². The van der Waals surface area contributed by atoms with Crippen molar-refractivity contribution in [3.8, 4) is 11.5 Å². The number of methoxy groups -OCH3 is 2. The summed E-state index contributed by atoms with van der Waals surface area (Å²) in [6.07, 6.45) is 0.831. The SMILES string of the molecule is Br.Br.CCN(CC)C(C)CN1CCc2c(c(=O)oc3cc(OC)c(OC)cc23)C1. The van der Waals surface area contributed by atoms with Gasteiger partial charge >= 0.3 is 5.63 Å². The van der Waals surface area contributed by atoms with Crippen molar-refractivity contribution in [2.75, 3.05) is 40.4 Å². The molecule has 0 amide bonds. The molecular weight excluding hydrogens is 504 g/mol. The topological polar surface area (TPSA) is 55.2 Å². The van der Waals surface area contributed by atoms with Gasteiger partial charge in [-0.3, -0.25) is 9.80 Å². The van der Waals surface area contributed by atoms with E-state index in [1.807, 2.05) is 6.07 Å². The molecule has 0 radical (unpaired) electrons. The molecule has 0 N–H and O–H groups in total. The summed E-state index contributed by atoms with van der Waals surface area (Å²) in [4.78, 5) is 17.4. The molecule has 3 rings (SSSR count). The van der Waals surface area contributed by atoms with Crippen molar-refractivity contribution in [3.05, 3.63) is 33.7 Å². The largest absolute Gasteiger partial charge is 0.493 e. The highest BCUT2D eigenvalue weighted by Crippen LogP contribution is 2.35. The molecule has 2 heterocycles. The van der Waals surface area contributed by atoms with Crippen molar-refractivity contribution >= 4 is 44.9 Å². The molecule has 1 aromatic heterocycles. The molecule has 1 aliphatic rings. The van der Waals surface area contributed by atoms with E-state index in [0.717, 1.165) is 49.1 Å². The van der Waals surface area contributed by atoms with Gasteiger partial charge in [0.05, 0.1) is 19.8 Å². The summed E-state index contributed by atoms with van der Waals surface area (Å²) in [5.74, 6) is 1.22. The summed E-state index contributed by atoms with van der Waals surface area (Å²) in [5.41, 5.74) is 2.16. The molecule has 0 saturated heterocycles. The van der Waals surface area contributed by atoms with E-state index in [1.165, 1.54) is 0 Å². The van der Waals surface area contributed by atoms with Gasteiger partial charge in [0, 0.05) is 37.1 Å². The molecule has 0 saturated carbocycles. The van der Waals surface area contributed by atoms with Crippen LogP contribution in [0, 0.1) is 0 Å². The van der Waals surface area contributed by atoms with Crippen LogP contribution in [0.15, 0.2) is 21.3 Å². The average molecular weight is 536 g/mol. The highest BCUT2D eigenvalue weighted by Gasteiger charge is 2.25. The van der Waals surface area contributed by atoms with Gasteiger partial charge in [-0.25, -0.2) is 4.79 Å². The maximum Gasteiger partial charge on any atom is 0.341 e. The third-order valence-electron chi connectivity index (χ3n) is 5.64. The normalized spacial score (nSPS) is 14.7. The zero-order valence-electron chi connectivity index (χ0n) is 17.8. The van der Waals surface area contributed by atoms with E-state index in [-0.39, 0.29) is 39.6 Å². The van der Waals surface area contributed by atoms with Crippen molar-refractivity contribution in [2.24, 2.45) is 0 Å². The fourth-order valence-corrected chi connectivity index (χ4v) is 4.14. The zero-order chi connectivity index (χ0) is 19.6. The Hall–Kier alpha value is -1.09. The molecule has 29 heavy (non-hydrogen) atoms. The molecule has 6 nitrogen and oxygen atoms in total. The van der Waals surface area contributed by atoms with Crippen LogP contribution in [-0.4, -0.2) is 56.2 Å². The molecule has 0 aliphatic carbocycles. The molecule has 1 aromatic carbocycles. The lowest BCUT2D eigenvalue weighted by molar-refractivity contribution is 0.149. The van der Waals surface area contributed by atoms with Gasteiger partial charge in [-0.05, 0) is 38.1 Å². The fourth-order valence-electron chi connectivity index (χ4n) is 4.14. The van der Waals surface area contributed by atoms with Crippen LogP contribution < -0.4 is 15.1 Å². The van der Waals surface area contributed by atoms with E-state index in [2.05, 4.69) is 30.6 Å². The van der Waals surface area contributed by atoms with Gasteiger partial charge in [0.15, 0.2) is 11.5 Å². The van der Waals surface area contributed by atoms with Gasteiger partial charge in [0.2, 0.25) is 0 Å². The fraction of sp³-hybridized carbons (Fsp3) is 0.571. The first-order valence-corrected chi connectivity index (χ1v) is 9.69. The standard InChI is InChI=1S/C21H30N2O4.2BrH/c1-6-23(7-2)14(3)12-22-9-8-15-16-10-19(25-4)20(26-5)11-18(16)27-21(24)17(15)13-22;;/h10-11,14H,6-9,12-13H2,1-5H3;2*1H. The summed E-state index contributed by atoms with van der Waals surface area (Å²) in [6.45, 7) is 11.2. The van der Waals surface area contributed by atoms with Crippen LogP contribution in [0.4, 0.5) is 0 Å². The van der Waals surface area contributed by atoms with E-state index < -0.39 is 0 Å². The molecule has 8 heteroatoms. The summed E-state index contributed by atoms with van der Waals surface area (Å²) in [7, 11) is 3.20. The first-order valence-electron chi connectivity index (χ1n) is 9.69. The Morgan fingerprint density at radius 2 is 1.72 bits per heavy atom. The second kappa shape index (κ2) is 11.3. The number of likely N-dealkylation sites (N-methyl/N-ethyl adjacent to an activating group) is 1. The molecule has 1 atom stereocenters. The molecule has 2 aromatic rings. The van der Waals surface area contributed by atoms with Gasteiger partial charge in [-0.2, -0.15) is 0 Å². The van der Waals surface area contributed by atoms with E-state index in [1.54, 1.807) is 20.3 Å². The number of halogens is 2. The number of hydrogen-bond donors (Lipinski definition) is 0.